The summed E-state index contributed by atoms with van der Waals surface area (Å²) in [5, 5.41) is 11.3. The molecule has 0 amide bonds. The van der Waals surface area contributed by atoms with Crippen LogP contribution in [0.2, 0.25) is 5.02 Å². The van der Waals surface area contributed by atoms with Crippen LogP contribution >= 0.6 is 11.6 Å². The van der Waals surface area contributed by atoms with E-state index in [1.54, 1.807) is 6.07 Å². The fraction of sp³-hybridized carbons (Fsp3) is 0. The molecule has 2 rings (SSSR count). The van der Waals surface area contributed by atoms with Gasteiger partial charge in [-0.25, -0.2) is 9.97 Å². The highest BCUT2D eigenvalue weighted by atomic mass is 35.5. The molecule has 0 saturated carbocycles. The molecule has 0 aliphatic heterocycles. The number of halogens is 1. The average Bonchev–Trinajstić information content (AvgIpc) is 2.30. The van der Waals surface area contributed by atoms with Crippen molar-refractivity contribution in [1.82, 2.24) is 9.97 Å². The Kier molecular flexibility index (Phi) is 2.88. The van der Waals surface area contributed by atoms with Gasteiger partial charge in [0.1, 0.15) is 0 Å². The van der Waals surface area contributed by atoms with Gasteiger partial charge in [0.15, 0.2) is 5.82 Å². The maximum Gasteiger partial charge on any atom is 0.282 e. The first-order chi connectivity index (χ1) is 8.08. The Bertz CT molecular complexity index is 571. The van der Waals surface area contributed by atoms with Gasteiger partial charge in [-0.1, -0.05) is 11.6 Å². The van der Waals surface area contributed by atoms with Gasteiger partial charge in [-0.3, -0.25) is 10.1 Å². The SMILES string of the molecule is Nc1ccc(-c2ncc(Cl)cn2)c([N+](=O)[O-])c1. The highest BCUT2D eigenvalue weighted by molar-refractivity contribution is 6.30. The maximum atomic E-state index is 10.9. The van der Waals surface area contributed by atoms with Crippen molar-refractivity contribution >= 4 is 23.0 Å². The molecule has 1 aromatic heterocycles. The lowest BCUT2D eigenvalue weighted by atomic mass is 10.1. The molecule has 1 heterocycles. The minimum atomic E-state index is -0.524. The predicted octanol–water partition coefficient (Wildman–Crippen LogP) is 2.29. The minimum absolute atomic E-state index is 0.132. The van der Waals surface area contributed by atoms with Gasteiger partial charge in [0.05, 0.1) is 15.5 Å². The third kappa shape index (κ3) is 2.31. The zero-order valence-electron chi connectivity index (χ0n) is 8.50. The van der Waals surface area contributed by atoms with E-state index in [2.05, 4.69) is 9.97 Å². The predicted molar refractivity (Wildman–Crippen MR) is 63.5 cm³/mol. The molecule has 0 fully saturated rings. The van der Waals surface area contributed by atoms with Gasteiger partial charge in [0.2, 0.25) is 0 Å². The first-order valence-electron chi connectivity index (χ1n) is 4.60. The number of nitro benzene ring substituents is 1. The summed E-state index contributed by atoms with van der Waals surface area (Å²) in [4.78, 5) is 18.2. The third-order valence-electron chi connectivity index (χ3n) is 2.08. The smallest absolute Gasteiger partial charge is 0.282 e. The summed E-state index contributed by atoms with van der Waals surface area (Å²) < 4.78 is 0. The van der Waals surface area contributed by atoms with Gasteiger partial charge in [0.25, 0.3) is 5.69 Å². The summed E-state index contributed by atoms with van der Waals surface area (Å²) in [5.74, 6) is 0.237. The standard InChI is InChI=1S/C10H7ClN4O2/c11-6-4-13-10(14-5-6)8-2-1-7(12)3-9(8)15(16)17/h1-5H,12H2. The molecule has 86 valence electrons. The second kappa shape index (κ2) is 4.34. The fourth-order valence-corrected chi connectivity index (χ4v) is 1.44. The normalized spacial score (nSPS) is 10.2. The topological polar surface area (TPSA) is 94.9 Å². The Morgan fingerprint density at radius 1 is 1.29 bits per heavy atom. The fourth-order valence-electron chi connectivity index (χ4n) is 1.34. The van der Waals surface area contributed by atoms with Crippen LogP contribution in [0.15, 0.2) is 30.6 Å². The maximum absolute atomic E-state index is 10.9. The Hall–Kier alpha value is -2.21. The number of anilines is 1. The van der Waals surface area contributed by atoms with E-state index in [0.29, 0.717) is 16.3 Å². The molecule has 0 unspecified atom stereocenters. The molecule has 2 aromatic rings. The lowest BCUT2D eigenvalue weighted by molar-refractivity contribution is -0.384. The molecule has 2 N–H and O–H groups in total. The second-order valence-corrected chi connectivity index (χ2v) is 3.70. The van der Waals surface area contributed by atoms with Crippen molar-refractivity contribution in [2.24, 2.45) is 0 Å². The van der Waals surface area contributed by atoms with E-state index < -0.39 is 4.92 Å². The molecule has 0 aliphatic rings. The Labute approximate surface area is 101 Å². The van der Waals surface area contributed by atoms with Gasteiger partial charge in [0, 0.05) is 24.1 Å². The molecule has 6 nitrogen and oxygen atoms in total. The van der Waals surface area contributed by atoms with E-state index in [1.165, 1.54) is 24.5 Å². The molecular formula is C10H7ClN4O2. The van der Waals surface area contributed by atoms with Gasteiger partial charge < -0.3 is 5.73 Å². The number of nitrogen functional groups attached to an aromatic ring is 1. The molecule has 0 saturated heterocycles. The molecular weight excluding hydrogens is 244 g/mol. The largest absolute Gasteiger partial charge is 0.399 e. The van der Waals surface area contributed by atoms with Crippen LogP contribution in [-0.2, 0) is 0 Å². The summed E-state index contributed by atoms with van der Waals surface area (Å²) in [6.07, 6.45) is 2.76. The quantitative estimate of drug-likeness (QED) is 0.501. The van der Waals surface area contributed by atoms with Crippen molar-refractivity contribution in [2.45, 2.75) is 0 Å². The number of hydrogen-bond acceptors (Lipinski definition) is 5. The highest BCUT2D eigenvalue weighted by Gasteiger charge is 2.17. The minimum Gasteiger partial charge on any atom is -0.399 e. The Balaban J connectivity index is 2.58. The summed E-state index contributed by atoms with van der Waals surface area (Å²) >= 11 is 5.65. The number of hydrogen-bond donors (Lipinski definition) is 1. The van der Waals surface area contributed by atoms with Crippen LogP contribution in [0.25, 0.3) is 11.4 Å². The molecule has 0 aliphatic carbocycles. The van der Waals surface area contributed by atoms with Crippen molar-refractivity contribution in [3.05, 3.63) is 45.7 Å². The highest BCUT2D eigenvalue weighted by Crippen LogP contribution is 2.29. The van der Waals surface area contributed by atoms with Crippen LogP contribution in [0.5, 0.6) is 0 Å². The first-order valence-corrected chi connectivity index (χ1v) is 4.97. The van der Waals surface area contributed by atoms with E-state index in [-0.39, 0.29) is 11.5 Å². The molecule has 0 spiro atoms. The van der Waals surface area contributed by atoms with Crippen molar-refractivity contribution in [3.63, 3.8) is 0 Å². The number of nitrogens with zero attached hydrogens (tertiary/aromatic N) is 3. The molecule has 0 radical (unpaired) electrons. The van der Waals surface area contributed by atoms with E-state index >= 15 is 0 Å². The van der Waals surface area contributed by atoms with Gasteiger partial charge >= 0.3 is 0 Å². The van der Waals surface area contributed by atoms with E-state index in [0.717, 1.165) is 0 Å². The van der Waals surface area contributed by atoms with Crippen molar-refractivity contribution < 1.29 is 4.92 Å². The van der Waals surface area contributed by atoms with Crippen LogP contribution in [-0.4, -0.2) is 14.9 Å². The summed E-state index contributed by atoms with van der Waals surface area (Å²) in [6.45, 7) is 0. The first kappa shape index (κ1) is 11.3. The number of nitrogens with two attached hydrogens (primary N) is 1. The zero-order chi connectivity index (χ0) is 12.4. The van der Waals surface area contributed by atoms with Gasteiger partial charge in [-0.15, -0.1) is 0 Å². The van der Waals surface area contributed by atoms with Gasteiger partial charge in [-0.05, 0) is 12.1 Å². The molecule has 0 atom stereocenters. The van der Waals surface area contributed by atoms with E-state index in [1.807, 2.05) is 0 Å². The number of rotatable bonds is 2. The Morgan fingerprint density at radius 2 is 1.94 bits per heavy atom. The lowest BCUT2D eigenvalue weighted by Crippen LogP contribution is -1.97. The number of nitro groups is 1. The van der Waals surface area contributed by atoms with Crippen molar-refractivity contribution in [1.29, 1.82) is 0 Å². The lowest BCUT2D eigenvalue weighted by Gasteiger charge is -2.02. The second-order valence-electron chi connectivity index (χ2n) is 3.26. The zero-order valence-corrected chi connectivity index (χ0v) is 9.26. The number of benzene rings is 1. The molecule has 7 heteroatoms. The summed E-state index contributed by atoms with van der Waals surface area (Å²) in [7, 11) is 0. The molecule has 0 bridgehead atoms. The van der Waals surface area contributed by atoms with Crippen LogP contribution in [0.4, 0.5) is 11.4 Å². The monoisotopic (exact) mass is 250 g/mol. The van der Waals surface area contributed by atoms with E-state index in [9.17, 15) is 10.1 Å². The Morgan fingerprint density at radius 3 is 2.53 bits per heavy atom. The molecule has 1 aromatic carbocycles. The van der Waals surface area contributed by atoms with Crippen molar-refractivity contribution in [2.75, 3.05) is 5.73 Å². The molecule has 17 heavy (non-hydrogen) atoms. The van der Waals surface area contributed by atoms with Crippen LogP contribution < -0.4 is 5.73 Å². The van der Waals surface area contributed by atoms with Crippen LogP contribution in [0.1, 0.15) is 0 Å². The van der Waals surface area contributed by atoms with E-state index in [4.69, 9.17) is 17.3 Å². The average molecular weight is 251 g/mol. The van der Waals surface area contributed by atoms with Crippen LogP contribution in [0, 0.1) is 10.1 Å². The van der Waals surface area contributed by atoms with Crippen molar-refractivity contribution in [3.8, 4) is 11.4 Å². The van der Waals surface area contributed by atoms with Gasteiger partial charge in [-0.2, -0.15) is 0 Å². The third-order valence-corrected chi connectivity index (χ3v) is 2.27. The summed E-state index contributed by atoms with van der Waals surface area (Å²) in [6, 6.07) is 4.34. The number of aromatic nitrogens is 2. The van der Waals surface area contributed by atoms with Crippen LogP contribution in [0.3, 0.4) is 0 Å². The summed E-state index contributed by atoms with van der Waals surface area (Å²) in [5.41, 5.74) is 5.99.